The second kappa shape index (κ2) is 7.07. The van der Waals surface area contributed by atoms with Crippen molar-refractivity contribution in [3.63, 3.8) is 0 Å². The zero-order chi connectivity index (χ0) is 16.4. The molecule has 6 heteroatoms. The first kappa shape index (κ1) is 15.8. The van der Waals surface area contributed by atoms with Gasteiger partial charge < -0.3 is 14.5 Å². The maximum absolute atomic E-state index is 6.15. The van der Waals surface area contributed by atoms with E-state index in [0.717, 1.165) is 49.8 Å². The number of aryl methyl sites for hydroxylation is 1. The molecule has 0 unspecified atom stereocenters. The van der Waals surface area contributed by atoms with E-state index in [1.54, 1.807) is 0 Å². The van der Waals surface area contributed by atoms with Gasteiger partial charge in [0.25, 0.3) is 0 Å². The van der Waals surface area contributed by atoms with Crippen LogP contribution in [0.4, 0.5) is 5.82 Å². The quantitative estimate of drug-likeness (QED) is 0.863. The predicted molar refractivity (Wildman–Crippen MR) is 94.6 cm³/mol. The molecule has 2 saturated heterocycles. The second-order valence-corrected chi connectivity index (χ2v) is 7.01. The average molecular weight is 329 g/mol. The fourth-order valence-corrected chi connectivity index (χ4v) is 3.89. The number of nitrogens with zero attached hydrogens (tertiary/aromatic N) is 5. The Morgan fingerprint density at radius 2 is 2.04 bits per heavy atom. The van der Waals surface area contributed by atoms with Crippen molar-refractivity contribution in [2.45, 2.75) is 38.7 Å². The third kappa shape index (κ3) is 3.39. The first-order valence-electron chi connectivity index (χ1n) is 9.20. The maximum atomic E-state index is 6.15. The Hall–Kier alpha value is -1.66. The molecule has 4 rings (SSSR count). The summed E-state index contributed by atoms with van der Waals surface area (Å²) in [5, 5.41) is 4.47. The van der Waals surface area contributed by atoms with Gasteiger partial charge in [-0.15, -0.1) is 0 Å². The normalized spacial score (nSPS) is 23.5. The van der Waals surface area contributed by atoms with Crippen molar-refractivity contribution in [2.75, 3.05) is 44.2 Å². The number of likely N-dealkylation sites (tertiary alicyclic amines) is 1. The van der Waals surface area contributed by atoms with Gasteiger partial charge in [-0.25, -0.2) is 4.98 Å². The van der Waals surface area contributed by atoms with E-state index in [0.29, 0.717) is 0 Å². The van der Waals surface area contributed by atoms with Crippen LogP contribution in [0.15, 0.2) is 18.3 Å². The zero-order valence-electron chi connectivity index (χ0n) is 14.5. The van der Waals surface area contributed by atoms with Gasteiger partial charge in [0.2, 0.25) is 0 Å². The molecule has 2 aliphatic heterocycles. The van der Waals surface area contributed by atoms with Crippen molar-refractivity contribution in [3.05, 3.63) is 24.0 Å². The number of fused-ring (bicyclic) bond motifs is 1. The highest BCUT2D eigenvalue weighted by Crippen LogP contribution is 2.21. The van der Waals surface area contributed by atoms with Gasteiger partial charge in [0.1, 0.15) is 5.82 Å². The van der Waals surface area contributed by atoms with Crippen LogP contribution in [-0.2, 0) is 4.74 Å². The van der Waals surface area contributed by atoms with Crippen LogP contribution in [0.1, 0.15) is 31.4 Å². The van der Waals surface area contributed by atoms with Crippen molar-refractivity contribution in [3.8, 4) is 0 Å². The third-order valence-corrected chi connectivity index (χ3v) is 5.05. The summed E-state index contributed by atoms with van der Waals surface area (Å²) in [5.41, 5.74) is 1.96. The summed E-state index contributed by atoms with van der Waals surface area (Å²) in [6.07, 6.45) is 7.18. The van der Waals surface area contributed by atoms with Gasteiger partial charge in [0, 0.05) is 44.1 Å². The Kier molecular flexibility index (Phi) is 4.67. The van der Waals surface area contributed by atoms with Crippen molar-refractivity contribution in [2.24, 2.45) is 0 Å². The lowest BCUT2D eigenvalue weighted by Crippen LogP contribution is -2.42. The highest BCUT2D eigenvalue weighted by molar-refractivity contribution is 5.50. The van der Waals surface area contributed by atoms with Crippen molar-refractivity contribution in [1.82, 2.24) is 19.5 Å². The van der Waals surface area contributed by atoms with E-state index in [1.807, 2.05) is 16.8 Å². The molecule has 130 valence electrons. The molecule has 1 atom stereocenters. The van der Waals surface area contributed by atoms with Gasteiger partial charge in [0.15, 0.2) is 5.65 Å². The summed E-state index contributed by atoms with van der Waals surface area (Å²) in [5.74, 6) is 1.14. The molecule has 2 aliphatic rings. The minimum Gasteiger partial charge on any atom is -0.375 e. The molecule has 24 heavy (non-hydrogen) atoms. The number of ether oxygens (including phenoxy) is 1. The highest BCUT2D eigenvalue weighted by atomic mass is 16.5. The number of piperidine rings is 1. The first-order valence-corrected chi connectivity index (χ1v) is 9.20. The summed E-state index contributed by atoms with van der Waals surface area (Å²) in [6, 6.07) is 4.11. The Balaban J connectivity index is 1.53. The topological polar surface area (TPSA) is 45.9 Å². The lowest BCUT2D eigenvalue weighted by atomic mass is 10.1. The van der Waals surface area contributed by atoms with Gasteiger partial charge in [-0.2, -0.15) is 9.61 Å². The monoisotopic (exact) mass is 329 g/mol. The van der Waals surface area contributed by atoms with Gasteiger partial charge in [-0.1, -0.05) is 6.42 Å². The third-order valence-electron chi connectivity index (χ3n) is 5.05. The molecular weight excluding hydrogens is 302 g/mol. The van der Waals surface area contributed by atoms with E-state index in [4.69, 9.17) is 4.74 Å². The molecule has 0 N–H and O–H groups in total. The predicted octanol–water partition coefficient (Wildman–Crippen LogP) is 2.12. The minimum absolute atomic E-state index is 0.268. The molecular formula is C18H27N5O. The summed E-state index contributed by atoms with van der Waals surface area (Å²) in [4.78, 5) is 9.56. The Labute approximate surface area is 143 Å². The Morgan fingerprint density at radius 3 is 2.92 bits per heavy atom. The molecule has 2 aromatic rings. The van der Waals surface area contributed by atoms with Crippen LogP contribution in [0.25, 0.3) is 5.65 Å². The molecule has 0 amide bonds. The van der Waals surface area contributed by atoms with Crippen LogP contribution in [0.2, 0.25) is 0 Å². The Morgan fingerprint density at radius 1 is 1.17 bits per heavy atom. The first-order chi connectivity index (χ1) is 11.8. The molecule has 0 bridgehead atoms. The lowest BCUT2D eigenvalue weighted by Gasteiger charge is -2.32. The average Bonchev–Trinajstić information content (AvgIpc) is 2.93. The van der Waals surface area contributed by atoms with E-state index in [-0.39, 0.29) is 6.10 Å². The zero-order valence-corrected chi connectivity index (χ0v) is 14.5. The molecule has 0 aromatic carbocycles. The standard InChI is InChI=1S/C18H27N5O/c1-15-12-18(23-17(20-15)6-7-19-23)22-10-5-11-24-16(14-22)13-21-8-3-2-4-9-21/h6-7,12,16H,2-5,8-11,13-14H2,1H3/t16-/m0/s1. The van der Waals surface area contributed by atoms with Gasteiger partial charge in [-0.05, 0) is 39.3 Å². The Bertz CT molecular complexity index is 679. The summed E-state index contributed by atoms with van der Waals surface area (Å²) in [6.45, 7) is 8.32. The largest absolute Gasteiger partial charge is 0.375 e. The number of aromatic nitrogens is 3. The van der Waals surface area contributed by atoms with Crippen LogP contribution in [0, 0.1) is 6.92 Å². The lowest BCUT2D eigenvalue weighted by molar-refractivity contribution is 0.0350. The fourth-order valence-electron chi connectivity index (χ4n) is 3.89. The number of hydrogen-bond acceptors (Lipinski definition) is 5. The van der Waals surface area contributed by atoms with Crippen LogP contribution >= 0.6 is 0 Å². The van der Waals surface area contributed by atoms with Crippen molar-refractivity contribution in [1.29, 1.82) is 0 Å². The summed E-state index contributed by atoms with van der Waals surface area (Å²) in [7, 11) is 0. The van der Waals surface area contributed by atoms with Gasteiger partial charge in [-0.3, -0.25) is 0 Å². The van der Waals surface area contributed by atoms with E-state index in [1.165, 1.54) is 32.4 Å². The smallest absolute Gasteiger partial charge is 0.157 e. The van der Waals surface area contributed by atoms with E-state index >= 15 is 0 Å². The molecule has 6 nitrogen and oxygen atoms in total. The van der Waals surface area contributed by atoms with Gasteiger partial charge in [0.05, 0.1) is 12.3 Å². The van der Waals surface area contributed by atoms with Crippen LogP contribution < -0.4 is 4.90 Å². The molecule has 2 aromatic heterocycles. The van der Waals surface area contributed by atoms with Crippen molar-refractivity contribution >= 4 is 11.5 Å². The number of anilines is 1. The van der Waals surface area contributed by atoms with Crippen LogP contribution in [0.5, 0.6) is 0 Å². The summed E-state index contributed by atoms with van der Waals surface area (Å²) >= 11 is 0. The van der Waals surface area contributed by atoms with Crippen LogP contribution in [0.3, 0.4) is 0 Å². The molecule has 0 saturated carbocycles. The number of rotatable bonds is 3. The summed E-state index contributed by atoms with van der Waals surface area (Å²) < 4.78 is 8.11. The van der Waals surface area contributed by atoms with E-state index in [9.17, 15) is 0 Å². The molecule has 0 radical (unpaired) electrons. The number of hydrogen-bond donors (Lipinski definition) is 0. The molecule has 4 heterocycles. The molecule has 2 fully saturated rings. The van der Waals surface area contributed by atoms with E-state index < -0.39 is 0 Å². The second-order valence-electron chi connectivity index (χ2n) is 7.01. The molecule has 0 aliphatic carbocycles. The SMILES string of the molecule is Cc1cc(N2CCCO[C@@H](CN3CCCCC3)C2)n2nccc2n1. The van der Waals surface area contributed by atoms with Gasteiger partial charge >= 0.3 is 0 Å². The maximum Gasteiger partial charge on any atom is 0.157 e. The fraction of sp³-hybridized carbons (Fsp3) is 0.667. The van der Waals surface area contributed by atoms with Crippen LogP contribution in [-0.4, -0.2) is 64.9 Å². The molecule has 0 spiro atoms. The highest BCUT2D eigenvalue weighted by Gasteiger charge is 2.24. The minimum atomic E-state index is 0.268. The van der Waals surface area contributed by atoms with E-state index in [2.05, 4.69) is 32.9 Å². The van der Waals surface area contributed by atoms with Crippen molar-refractivity contribution < 1.29 is 4.74 Å².